The number of piperazine rings is 1. The van der Waals surface area contributed by atoms with E-state index >= 15 is 0 Å². The number of nitrogens with one attached hydrogen (secondary N) is 1. The lowest BCUT2D eigenvalue weighted by Gasteiger charge is -2.36. The molecule has 1 saturated carbocycles. The van der Waals surface area contributed by atoms with Crippen LogP contribution < -0.4 is 10.1 Å². The minimum atomic E-state index is -0.327. The fraction of sp³-hybridized carbons (Fsp3) is 0.500. The number of rotatable bonds is 4. The predicted octanol–water partition coefficient (Wildman–Crippen LogP) is 1.49. The number of carbonyl (C=O) groups is 2. The van der Waals surface area contributed by atoms with Crippen molar-refractivity contribution in [1.29, 1.82) is 0 Å². The van der Waals surface area contributed by atoms with Crippen LogP contribution in [0.2, 0.25) is 0 Å². The molecule has 1 saturated heterocycles. The van der Waals surface area contributed by atoms with Gasteiger partial charge in [0.25, 0.3) is 0 Å². The number of hydrogen-bond acceptors (Lipinski definition) is 3. The third kappa shape index (κ3) is 2.73. The van der Waals surface area contributed by atoms with Crippen molar-refractivity contribution in [2.75, 3.05) is 13.7 Å². The molecule has 2 atom stereocenters. The quantitative estimate of drug-likeness (QED) is 0.913. The van der Waals surface area contributed by atoms with Gasteiger partial charge < -0.3 is 15.0 Å². The maximum atomic E-state index is 12.6. The lowest BCUT2D eigenvalue weighted by atomic mass is 10.0. The summed E-state index contributed by atoms with van der Waals surface area (Å²) in [6, 6.07) is 7.19. The molecular formula is C16H20N2O3. The van der Waals surface area contributed by atoms with Gasteiger partial charge >= 0.3 is 0 Å². The van der Waals surface area contributed by atoms with Gasteiger partial charge in [-0.1, -0.05) is 12.1 Å². The largest absolute Gasteiger partial charge is 0.497 e. The third-order valence-corrected chi connectivity index (χ3v) is 4.34. The molecule has 0 spiro atoms. The Hall–Kier alpha value is -2.04. The first kappa shape index (κ1) is 13.9. The zero-order chi connectivity index (χ0) is 15.0. The second-order valence-electron chi connectivity index (χ2n) is 5.80. The second-order valence-corrected chi connectivity index (χ2v) is 5.80. The number of ether oxygens (including phenoxy) is 1. The maximum absolute atomic E-state index is 12.6. The Bertz CT molecular complexity index is 551. The Morgan fingerprint density at radius 2 is 1.90 bits per heavy atom. The molecule has 2 fully saturated rings. The smallest absolute Gasteiger partial charge is 0.246 e. The van der Waals surface area contributed by atoms with E-state index in [0.29, 0.717) is 5.92 Å². The van der Waals surface area contributed by atoms with Gasteiger partial charge in [-0.25, -0.2) is 0 Å². The van der Waals surface area contributed by atoms with Crippen LogP contribution in [0, 0.1) is 5.92 Å². The van der Waals surface area contributed by atoms with E-state index in [1.165, 1.54) is 0 Å². The van der Waals surface area contributed by atoms with Crippen molar-refractivity contribution in [3.05, 3.63) is 29.8 Å². The van der Waals surface area contributed by atoms with Crippen molar-refractivity contribution >= 4 is 11.8 Å². The fourth-order valence-corrected chi connectivity index (χ4v) is 2.83. The number of methoxy groups -OCH3 is 1. The topological polar surface area (TPSA) is 58.6 Å². The highest BCUT2D eigenvalue weighted by Gasteiger charge is 2.43. The van der Waals surface area contributed by atoms with Crippen LogP contribution in [-0.2, 0) is 9.59 Å². The van der Waals surface area contributed by atoms with Crippen LogP contribution in [0.1, 0.15) is 31.4 Å². The monoisotopic (exact) mass is 288 g/mol. The van der Waals surface area contributed by atoms with E-state index in [4.69, 9.17) is 4.74 Å². The first-order valence-electron chi connectivity index (χ1n) is 7.34. The number of nitrogens with zero attached hydrogens (tertiary/aromatic N) is 1. The number of hydrogen-bond donors (Lipinski definition) is 1. The first-order valence-corrected chi connectivity index (χ1v) is 7.34. The Labute approximate surface area is 124 Å². The van der Waals surface area contributed by atoms with Crippen LogP contribution in [0.4, 0.5) is 0 Å². The summed E-state index contributed by atoms with van der Waals surface area (Å²) in [5.41, 5.74) is 1.01. The highest BCUT2D eigenvalue weighted by molar-refractivity contribution is 5.95. The summed E-state index contributed by atoms with van der Waals surface area (Å²) in [6.45, 7) is 2.09. The zero-order valence-corrected chi connectivity index (χ0v) is 12.3. The SMILES string of the molecule is COc1ccc(C(C)N2CC(=O)NC(C3CC3)C2=O)cc1. The number of carbonyl (C=O) groups excluding carboxylic acids is 2. The molecule has 1 heterocycles. The van der Waals surface area contributed by atoms with E-state index in [1.807, 2.05) is 31.2 Å². The molecule has 2 aliphatic rings. The highest BCUT2D eigenvalue weighted by Crippen LogP contribution is 2.36. The van der Waals surface area contributed by atoms with Crippen molar-refractivity contribution in [3.63, 3.8) is 0 Å². The molecule has 1 aliphatic carbocycles. The van der Waals surface area contributed by atoms with Gasteiger partial charge in [0.2, 0.25) is 11.8 Å². The summed E-state index contributed by atoms with van der Waals surface area (Å²) in [6.07, 6.45) is 2.06. The van der Waals surface area contributed by atoms with Crippen molar-refractivity contribution < 1.29 is 14.3 Å². The fourth-order valence-electron chi connectivity index (χ4n) is 2.83. The molecule has 21 heavy (non-hydrogen) atoms. The predicted molar refractivity (Wildman–Crippen MR) is 77.8 cm³/mol. The maximum Gasteiger partial charge on any atom is 0.246 e. The van der Waals surface area contributed by atoms with Gasteiger partial charge in [-0.05, 0) is 43.4 Å². The molecule has 2 amide bonds. The summed E-state index contributed by atoms with van der Waals surface area (Å²) in [5.74, 6) is 1.09. The Balaban J connectivity index is 1.79. The third-order valence-electron chi connectivity index (χ3n) is 4.34. The zero-order valence-electron chi connectivity index (χ0n) is 12.3. The van der Waals surface area contributed by atoms with Crippen LogP contribution in [0.15, 0.2) is 24.3 Å². The van der Waals surface area contributed by atoms with Crippen LogP contribution in [0.25, 0.3) is 0 Å². The van der Waals surface area contributed by atoms with Crippen LogP contribution in [-0.4, -0.2) is 36.4 Å². The minimum Gasteiger partial charge on any atom is -0.497 e. The average Bonchev–Trinajstić information content (AvgIpc) is 3.33. The summed E-state index contributed by atoms with van der Waals surface area (Å²) < 4.78 is 5.14. The molecule has 0 radical (unpaired) electrons. The summed E-state index contributed by atoms with van der Waals surface area (Å²) in [4.78, 5) is 26.1. The summed E-state index contributed by atoms with van der Waals surface area (Å²) in [7, 11) is 1.62. The Morgan fingerprint density at radius 3 is 2.48 bits per heavy atom. The average molecular weight is 288 g/mol. The van der Waals surface area contributed by atoms with Gasteiger partial charge in [-0.15, -0.1) is 0 Å². The molecule has 0 bridgehead atoms. The molecular weight excluding hydrogens is 268 g/mol. The van der Waals surface area contributed by atoms with Crippen molar-refractivity contribution in [3.8, 4) is 5.75 Å². The number of benzene rings is 1. The van der Waals surface area contributed by atoms with E-state index in [0.717, 1.165) is 24.2 Å². The van der Waals surface area contributed by atoms with Gasteiger partial charge in [0.05, 0.1) is 13.2 Å². The normalized spacial score (nSPS) is 23.7. The van der Waals surface area contributed by atoms with Gasteiger partial charge in [0.1, 0.15) is 18.3 Å². The first-order chi connectivity index (χ1) is 10.1. The number of amides is 2. The summed E-state index contributed by atoms with van der Waals surface area (Å²) in [5, 5.41) is 2.83. The standard InChI is InChI=1S/C16H20N2O3/c1-10(11-5-7-13(21-2)8-6-11)18-9-14(19)17-15(16(18)20)12-3-4-12/h5-8,10,12,15H,3-4,9H2,1-2H3,(H,17,19). The van der Waals surface area contributed by atoms with E-state index in [-0.39, 0.29) is 30.4 Å². The molecule has 5 nitrogen and oxygen atoms in total. The molecule has 0 aromatic heterocycles. The second kappa shape index (κ2) is 5.39. The lowest BCUT2D eigenvalue weighted by molar-refractivity contribution is -0.147. The molecule has 1 aromatic rings. The van der Waals surface area contributed by atoms with Crippen molar-refractivity contribution in [2.45, 2.75) is 31.8 Å². The van der Waals surface area contributed by atoms with Crippen molar-refractivity contribution in [2.24, 2.45) is 5.92 Å². The van der Waals surface area contributed by atoms with Crippen LogP contribution in [0.3, 0.4) is 0 Å². The molecule has 1 N–H and O–H groups in total. The molecule has 5 heteroatoms. The summed E-state index contributed by atoms with van der Waals surface area (Å²) >= 11 is 0. The van der Waals surface area contributed by atoms with Gasteiger partial charge in [0.15, 0.2) is 0 Å². The molecule has 1 aromatic carbocycles. The lowest BCUT2D eigenvalue weighted by Crippen LogP contribution is -2.59. The van der Waals surface area contributed by atoms with E-state index in [2.05, 4.69) is 5.32 Å². The van der Waals surface area contributed by atoms with Gasteiger partial charge in [-0.3, -0.25) is 9.59 Å². The van der Waals surface area contributed by atoms with Crippen LogP contribution >= 0.6 is 0 Å². The van der Waals surface area contributed by atoms with Gasteiger partial charge in [-0.2, -0.15) is 0 Å². The highest BCUT2D eigenvalue weighted by atomic mass is 16.5. The van der Waals surface area contributed by atoms with Crippen molar-refractivity contribution in [1.82, 2.24) is 10.2 Å². The molecule has 3 rings (SSSR count). The molecule has 2 unspecified atom stereocenters. The molecule has 1 aliphatic heterocycles. The van der Waals surface area contributed by atoms with E-state index in [1.54, 1.807) is 12.0 Å². The Morgan fingerprint density at radius 1 is 1.24 bits per heavy atom. The van der Waals surface area contributed by atoms with E-state index in [9.17, 15) is 9.59 Å². The van der Waals surface area contributed by atoms with Gasteiger partial charge in [0, 0.05) is 0 Å². The Kier molecular flexibility index (Phi) is 3.57. The van der Waals surface area contributed by atoms with E-state index < -0.39 is 0 Å². The molecule has 112 valence electrons. The van der Waals surface area contributed by atoms with Crippen LogP contribution in [0.5, 0.6) is 5.75 Å². The minimum absolute atomic E-state index is 0.0421.